The van der Waals surface area contributed by atoms with E-state index in [1.54, 1.807) is 7.11 Å². The van der Waals surface area contributed by atoms with Gasteiger partial charge in [0.2, 0.25) is 0 Å². The fraction of sp³-hybridized carbons (Fsp3) is 1.00. The Labute approximate surface area is 112 Å². The molecular weight excluding hydrogens is 224 g/mol. The third-order valence-electron chi connectivity index (χ3n) is 5.60. The fourth-order valence-corrected chi connectivity index (χ4v) is 3.94. The van der Waals surface area contributed by atoms with Gasteiger partial charge in [0.1, 0.15) is 0 Å². The summed E-state index contributed by atoms with van der Waals surface area (Å²) >= 11 is 0. The highest BCUT2D eigenvalue weighted by molar-refractivity contribution is 4.94. The lowest BCUT2D eigenvalue weighted by Crippen LogP contribution is -2.52. The molecule has 0 spiro atoms. The molecule has 2 N–H and O–H groups in total. The van der Waals surface area contributed by atoms with Crippen LogP contribution in [0.15, 0.2) is 0 Å². The Hall–Kier alpha value is -0.120. The zero-order chi connectivity index (χ0) is 13.2. The van der Waals surface area contributed by atoms with Gasteiger partial charge in [-0.1, -0.05) is 6.42 Å². The van der Waals surface area contributed by atoms with Crippen molar-refractivity contribution in [1.82, 2.24) is 4.90 Å². The maximum atomic E-state index is 6.00. The molecule has 18 heavy (non-hydrogen) atoms. The maximum absolute atomic E-state index is 6.00. The summed E-state index contributed by atoms with van der Waals surface area (Å²) < 4.78 is 5.23. The molecule has 3 heteroatoms. The Morgan fingerprint density at radius 1 is 1.33 bits per heavy atom. The van der Waals surface area contributed by atoms with Crippen LogP contribution in [0.1, 0.15) is 39.0 Å². The number of ether oxygens (including phenoxy) is 1. The third kappa shape index (κ3) is 2.89. The lowest BCUT2D eigenvalue weighted by molar-refractivity contribution is 0.0683. The molecule has 2 aliphatic rings. The molecule has 0 amide bonds. The van der Waals surface area contributed by atoms with Gasteiger partial charge in [-0.15, -0.1) is 0 Å². The van der Waals surface area contributed by atoms with Gasteiger partial charge < -0.3 is 10.5 Å². The molecule has 4 atom stereocenters. The van der Waals surface area contributed by atoms with Gasteiger partial charge in [-0.25, -0.2) is 0 Å². The van der Waals surface area contributed by atoms with Crippen molar-refractivity contribution in [1.29, 1.82) is 0 Å². The summed E-state index contributed by atoms with van der Waals surface area (Å²) in [7, 11) is 4.02. The van der Waals surface area contributed by atoms with Crippen LogP contribution in [0.3, 0.4) is 0 Å². The molecule has 0 heterocycles. The summed E-state index contributed by atoms with van der Waals surface area (Å²) in [4.78, 5) is 2.50. The largest absolute Gasteiger partial charge is 0.385 e. The first-order valence-electron chi connectivity index (χ1n) is 7.49. The van der Waals surface area contributed by atoms with Crippen LogP contribution in [-0.2, 0) is 4.74 Å². The van der Waals surface area contributed by atoms with Crippen molar-refractivity contribution in [2.45, 2.75) is 44.6 Å². The average Bonchev–Trinajstić information content (AvgIpc) is 2.98. The minimum absolute atomic E-state index is 0.0951. The Balaban J connectivity index is 1.87. The van der Waals surface area contributed by atoms with Crippen LogP contribution >= 0.6 is 0 Å². The van der Waals surface area contributed by atoms with E-state index < -0.39 is 0 Å². The molecule has 0 aromatic carbocycles. The Kier molecular flexibility index (Phi) is 4.68. The molecule has 2 rings (SSSR count). The van der Waals surface area contributed by atoms with Crippen molar-refractivity contribution < 1.29 is 4.74 Å². The lowest BCUT2D eigenvalue weighted by Gasteiger charge is -2.40. The highest BCUT2D eigenvalue weighted by atomic mass is 16.5. The van der Waals surface area contributed by atoms with Crippen molar-refractivity contribution >= 4 is 0 Å². The van der Waals surface area contributed by atoms with E-state index in [0.29, 0.717) is 6.54 Å². The number of fused-ring (bicyclic) bond motifs is 2. The highest BCUT2D eigenvalue weighted by Gasteiger charge is 2.41. The SMILES string of the molecule is COCCC(C)(CN)N(C)CC1CC2CCC1C2. The van der Waals surface area contributed by atoms with Crippen LogP contribution in [0, 0.1) is 17.8 Å². The topological polar surface area (TPSA) is 38.5 Å². The molecule has 0 radical (unpaired) electrons. The van der Waals surface area contributed by atoms with Crippen molar-refractivity contribution in [3.8, 4) is 0 Å². The first-order valence-corrected chi connectivity index (χ1v) is 7.49. The van der Waals surface area contributed by atoms with Gasteiger partial charge in [0, 0.05) is 32.3 Å². The summed E-state index contributed by atoms with van der Waals surface area (Å²) in [5.41, 5.74) is 6.10. The number of nitrogens with zero attached hydrogens (tertiary/aromatic N) is 1. The minimum Gasteiger partial charge on any atom is -0.385 e. The predicted molar refractivity (Wildman–Crippen MR) is 75.5 cm³/mol. The van der Waals surface area contributed by atoms with E-state index >= 15 is 0 Å². The number of methoxy groups -OCH3 is 1. The monoisotopic (exact) mass is 254 g/mol. The standard InChI is InChI=1S/C15H30N2O/c1-15(11-16,6-7-18-3)17(2)10-14-9-12-4-5-13(14)8-12/h12-14H,4-11,16H2,1-3H3. The van der Waals surface area contributed by atoms with Crippen molar-refractivity contribution in [3.63, 3.8) is 0 Å². The molecule has 0 aliphatic heterocycles. The predicted octanol–water partition coefficient (Wildman–Crippen LogP) is 2.11. The number of nitrogens with two attached hydrogens (primary N) is 1. The Morgan fingerprint density at radius 3 is 2.61 bits per heavy atom. The number of hydrogen-bond donors (Lipinski definition) is 1. The molecular formula is C15H30N2O. The van der Waals surface area contributed by atoms with Gasteiger partial charge in [0.05, 0.1) is 0 Å². The van der Waals surface area contributed by atoms with Gasteiger partial charge in [-0.3, -0.25) is 4.90 Å². The fourth-order valence-electron chi connectivity index (χ4n) is 3.94. The number of rotatable bonds is 7. The molecule has 2 aliphatic carbocycles. The van der Waals surface area contributed by atoms with E-state index in [9.17, 15) is 0 Å². The molecule has 0 aromatic rings. The molecule has 0 aromatic heterocycles. The number of hydrogen-bond acceptors (Lipinski definition) is 3. The number of likely N-dealkylation sites (N-methyl/N-ethyl adjacent to an activating group) is 1. The summed E-state index contributed by atoms with van der Waals surface area (Å²) in [5.74, 6) is 2.96. The first-order chi connectivity index (χ1) is 8.59. The zero-order valence-electron chi connectivity index (χ0n) is 12.3. The Morgan fingerprint density at radius 2 is 2.11 bits per heavy atom. The van der Waals surface area contributed by atoms with E-state index in [0.717, 1.165) is 30.8 Å². The zero-order valence-corrected chi connectivity index (χ0v) is 12.3. The van der Waals surface area contributed by atoms with Crippen LogP contribution in [0.5, 0.6) is 0 Å². The second-order valence-corrected chi connectivity index (χ2v) is 6.76. The summed E-state index contributed by atoms with van der Waals surface area (Å²) in [6.07, 6.45) is 6.94. The van der Waals surface area contributed by atoms with Crippen LogP contribution in [-0.4, -0.2) is 44.3 Å². The quantitative estimate of drug-likeness (QED) is 0.756. The van der Waals surface area contributed by atoms with Gasteiger partial charge in [-0.2, -0.15) is 0 Å². The van der Waals surface area contributed by atoms with Gasteiger partial charge >= 0.3 is 0 Å². The van der Waals surface area contributed by atoms with Crippen LogP contribution in [0.25, 0.3) is 0 Å². The summed E-state index contributed by atoms with van der Waals surface area (Å²) in [6, 6.07) is 0. The third-order valence-corrected chi connectivity index (χ3v) is 5.60. The molecule has 106 valence electrons. The highest BCUT2D eigenvalue weighted by Crippen LogP contribution is 2.48. The molecule has 2 saturated carbocycles. The van der Waals surface area contributed by atoms with Crippen molar-refractivity contribution in [3.05, 3.63) is 0 Å². The minimum atomic E-state index is 0.0951. The van der Waals surface area contributed by atoms with Crippen molar-refractivity contribution in [2.24, 2.45) is 23.5 Å². The van der Waals surface area contributed by atoms with Gasteiger partial charge in [0.15, 0.2) is 0 Å². The smallest absolute Gasteiger partial charge is 0.0480 e. The molecule has 3 nitrogen and oxygen atoms in total. The van der Waals surface area contributed by atoms with Crippen molar-refractivity contribution in [2.75, 3.05) is 33.9 Å². The van der Waals surface area contributed by atoms with Crippen LogP contribution < -0.4 is 5.73 Å². The molecule has 0 saturated heterocycles. The normalized spacial score (nSPS) is 34.2. The van der Waals surface area contributed by atoms with E-state index in [2.05, 4.69) is 18.9 Å². The molecule has 2 fully saturated rings. The summed E-state index contributed by atoms with van der Waals surface area (Å²) in [6.45, 7) is 5.01. The maximum Gasteiger partial charge on any atom is 0.0480 e. The van der Waals surface area contributed by atoms with E-state index in [1.807, 2.05) is 0 Å². The first kappa shape index (κ1) is 14.3. The molecule has 4 unspecified atom stereocenters. The van der Waals surface area contributed by atoms with Gasteiger partial charge in [-0.05, 0) is 57.4 Å². The van der Waals surface area contributed by atoms with Crippen LogP contribution in [0.4, 0.5) is 0 Å². The van der Waals surface area contributed by atoms with E-state index in [1.165, 1.54) is 32.2 Å². The van der Waals surface area contributed by atoms with Crippen LogP contribution in [0.2, 0.25) is 0 Å². The van der Waals surface area contributed by atoms with Gasteiger partial charge in [0.25, 0.3) is 0 Å². The summed E-state index contributed by atoms with van der Waals surface area (Å²) in [5, 5.41) is 0. The van der Waals surface area contributed by atoms with E-state index in [-0.39, 0.29) is 5.54 Å². The molecule has 2 bridgehead atoms. The Bertz CT molecular complexity index is 271. The second kappa shape index (κ2) is 5.89. The lowest BCUT2D eigenvalue weighted by atomic mass is 9.86. The second-order valence-electron chi connectivity index (χ2n) is 6.76. The average molecular weight is 254 g/mol. The van der Waals surface area contributed by atoms with E-state index in [4.69, 9.17) is 10.5 Å².